The molecule has 0 saturated carbocycles. The van der Waals surface area contributed by atoms with E-state index in [4.69, 9.17) is 9.47 Å². The molecular weight excluding hydrogens is 262 g/mol. The van der Waals surface area contributed by atoms with E-state index in [0.29, 0.717) is 5.92 Å². The first-order valence-corrected chi connectivity index (χ1v) is 7.39. The monoisotopic (exact) mass is 283 g/mol. The molecule has 1 aromatic carbocycles. The van der Waals surface area contributed by atoms with Crippen LogP contribution in [0, 0.1) is 19.8 Å². The summed E-state index contributed by atoms with van der Waals surface area (Å²) >= 11 is 0. The maximum absolute atomic E-state index is 5.95. The Kier molecular flexibility index (Phi) is 3.82. The number of aryl methyl sites for hydroxylation is 2. The van der Waals surface area contributed by atoms with Gasteiger partial charge in [-0.3, -0.25) is 4.98 Å². The Morgan fingerprint density at radius 3 is 2.86 bits per heavy atom. The number of hydrogen-bond donors (Lipinski definition) is 0. The standard InChI is InChI=1S/C18H21NO2/c1-12-7-8-15(13(2)19-12)9-14-10-16-5-4-6-17(20-3)18(16)21-11-14/h4-8,14H,9-11H2,1-3H3/t14-/m1/s1. The Morgan fingerprint density at radius 2 is 2.10 bits per heavy atom. The summed E-state index contributed by atoms with van der Waals surface area (Å²) in [4.78, 5) is 4.55. The number of methoxy groups -OCH3 is 1. The number of pyridine rings is 1. The summed E-state index contributed by atoms with van der Waals surface area (Å²) in [6, 6.07) is 10.4. The molecule has 3 rings (SSSR count). The van der Waals surface area contributed by atoms with Crippen molar-refractivity contribution in [2.75, 3.05) is 13.7 Å². The molecule has 0 unspecified atom stereocenters. The predicted molar refractivity (Wildman–Crippen MR) is 83.1 cm³/mol. The van der Waals surface area contributed by atoms with E-state index >= 15 is 0 Å². The molecule has 0 saturated heterocycles. The molecule has 0 N–H and O–H groups in total. The van der Waals surface area contributed by atoms with E-state index < -0.39 is 0 Å². The lowest BCUT2D eigenvalue weighted by Gasteiger charge is -2.26. The normalized spacial score (nSPS) is 17.0. The van der Waals surface area contributed by atoms with Gasteiger partial charge in [0, 0.05) is 17.3 Å². The molecule has 1 aliphatic heterocycles. The van der Waals surface area contributed by atoms with Crippen LogP contribution in [0.3, 0.4) is 0 Å². The Labute approximate surface area is 125 Å². The summed E-state index contributed by atoms with van der Waals surface area (Å²) in [5.41, 5.74) is 4.77. The highest BCUT2D eigenvalue weighted by Gasteiger charge is 2.23. The fourth-order valence-electron chi connectivity index (χ4n) is 2.99. The highest BCUT2D eigenvalue weighted by Crippen LogP contribution is 2.36. The molecule has 2 aromatic rings. The van der Waals surface area contributed by atoms with Crippen molar-refractivity contribution in [1.29, 1.82) is 0 Å². The minimum Gasteiger partial charge on any atom is -0.493 e. The minimum absolute atomic E-state index is 0.493. The first kappa shape index (κ1) is 13.9. The zero-order valence-electron chi connectivity index (χ0n) is 12.8. The Bertz CT molecular complexity index is 652. The average Bonchev–Trinajstić information content (AvgIpc) is 2.49. The van der Waals surface area contributed by atoms with Gasteiger partial charge in [0.05, 0.1) is 13.7 Å². The van der Waals surface area contributed by atoms with E-state index in [9.17, 15) is 0 Å². The van der Waals surface area contributed by atoms with Gasteiger partial charge in [-0.1, -0.05) is 18.2 Å². The van der Waals surface area contributed by atoms with Crippen LogP contribution in [0.4, 0.5) is 0 Å². The Balaban J connectivity index is 1.77. The second kappa shape index (κ2) is 5.76. The predicted octanol–water partition coefficient (Wildman–Crippen LogP) is 3.50. The van der Waals surface area contributed by atoms with Crippen LogP contribution in [0.15, 0.2) is 30.3 Å². The van der Waals surface area contributed by atoms with Gasteiger partial charge in [0.1, 0.15) is 0 Å². The van der Waals surface area contributed by atoms with Gasteiger partial charge in [-0.15, -0.1) is 0 Å². The van der Waals surface area contributed by atoms with Crippen LogP contribution in [-0.4, -0.2) is 18.7 Å². The number of aromatic nitrogens is 1. The SMILES string of the molecule is COc1cccc2c1OC[C@H](Cc1ccc(C)nc1C)C2. The molecule has 0 radical (unpaired) electrons. The summed E-state index contributed by atoms with van der Waals surface area (Å²) in [7, 11) is 1.69. The molecule has 0 aliphatic carbocycles. The largest absolute Gasteiger partial charge is 0.493 e. The fraction of sp³-hybridized carbons (Fsp3) is 0.389. The van der Waals surface area contributed by atoms with Crippen molar-refractivity contribution in [3.8, 4) is 11.5 Å². The van der Waals surface area contributed by atoms with Crippen molar-refractivity contribution in [1.82, 2.24) is 4.98 Å². The van der Waals surface area contributed by atoms with Gasteiger partial charge in [0.25, 0.3) is 0 Å². The summed E-state index contributed by atoms with van der Waals surface area (Å²) in [6.07, 6.45) is 2.04. The van der Waals surface area contributed by atoms with Crippen LogP contribution in [0.5, 0.6) is 11.5 Å². The van der Waals surface area contributed by atoms with Gasteiger partial charge < -0.3 is 9.47 Å². The molecular formula is C18H21NO2. The molecule has 0 fully saturated rings. The number of hydrogen-bond acceptors (Lipinski definition) is 3. The van der Waals surface area contributed by atoms with Crippen molar-refractivity contribution in [3.05, 3.63) is 52.8 Å². The number of fused-ring (bicyclic) bond motifs is 1. The lowest BCUT2D eigenvalue weighted by atomic mass is 9.90. The molecule has 3 heteroatoms. The van der Waals surface area contributed by atoms with E-state index in [1.165, 1.54) is 11.1 Å². The van der Waals surface area contributed by atoms with Crippen LogP contribution in [-0.2, 0) is 12.8 Å². The topological polar surface area (TPSA) is 31.4 Å². The molecule has 0 amide bonds. The minimum atomic E-state index is 0.493. The maximum atomic E-state index is 5.95. The summed E-state index contributed by atoms with van der Waals surface area (Å²) in [6.45, 7) is 4.85. The zero-order valence-corrected chi connectivity index (χ0v) is 12.8. The molecule has 21 heavy (non-hydrogen) atoms. The highest BCUT2D eigenvalue weighted by atomic mass is 16.5. The highest BCUT2D eigenvalue weighted by molar-refractivity contribution is 5.47. The van der Waals surface area contributed by atoms with Gasteiger partial charge in [0.15, 0.2) is 11.5 Å². The van der Waals surface area contributed by atoms with E-state index in [2.05, 4.69) is 30.1 Å². The molecule has 1 atom stereocenters. The van der Waals surface area contributed by atoms with Gasteiger partial charge in [-0.25, -0.2) is 0 Å². The fourth-order valence-corrected chi connectivity index (χ4v) is 2.99. The number of ether oxygens (including phenoxy) is 2. The summed E-state index contributed by atoms with van der Waals surface area (Å²) < 4.78 is 11.3. The third-order valence-electron chi connectivity index (χ3n) is 4.10. The summed E-state index contributed by atoms with van der Waals surface area (Å²) in [5, 5.41) is 0. The lowest BCUT2D eigenvalue weighted by Crippen LogP contribution is -2.23. The lowest BCUT2D eigenvalue weighted by molar-refractivity contribution is 0.211. The zero-order chi connectivity index (χ0) is 14.8. The van der Waals surface area contributed by atoms with Crippen molar-refractivity contribution in [2.45, 2.75) is 26.7 Å². The molecule has 2 heterocycles. The summed E-state index contributed by atoms with van der Waals surface area (Å²) in [5.74, 6) is 2.24. The second-order valence-electron chi connectivity index (χ2n) is 5.73. The number of rotatable bonds is 3. The van der Waals surface area contributed by atoms with Crippen LogP contribution >= 0.6 is 0 Å². The molecule has 110 valence electrons. The molecule has 1 aliphatic rings. The quantitative estimate of drug-likeness (QED) is 0.864. The molecule has 3 nitrogen and oxygen atoms in total. The van der Waals surface area contributed by atoms with Crippen LogP contribution in [0.2, 0.25) is 0 Å². The van der Waals surface area contributed by atoms with Crippen molar-refractivity contribution in [3.63, 3.8) is 0 Å². The van der Waals surface area contributed by atoms with Crippen LogP contribution in [0.1, 0.15) is 22.5 Å². The van der Waals surface area contributed by atoms with E-state index in [0.717, 1.165) is 42.3 Å². The van der Waals surface area contributed by atoms with E-state index in [-0.39, 0.29) is 0 Å². The van der Waals surface area contributed by atoms with Gasteiger partial charge >= 0.3 is 0 Å². The van der Waals surface area contributed by atoms with Crippen molar-refractivity contribution in [2.24, 2.45) is 5.92 Å². The van der Waals surface area contributed by atoms with E-state index in [1.54, 1.807) is 7.11 Å². The third-order valence-corrected chi connectivity index (χ3v) is 4.10. The Morgan fingerprint density at radius 1 is 1.24 bits per heavy atom. The number of para-hydroxylation sites is 1. The molecule has 0 bridgehead atoms. The molecule has 0 spiro atoms. The van der Waals surface area contributed by atoms with Gasteiger partial charge in [-0.2, -0.15) is 0 Å². The van der Waals surface area contributed by atoms with Crippen molar-refractivity contribution >= 4 is 0 Å². The maximum Gasteiger partial charge on any atom is 0.164 e. The first-order valence-electron chi connectivity index (χ1n) is 7.39. The Hall–Kier alpha value is -2.03. The average molecular weight is 283 g/mol. The second-order valence-corrected chi connectivity index (χ2v) is 5.73. The number of nitrogens with zero attached hydrogens (tertiary/aromatic N) is 1. The van der Waals surface area contributed by atoms with Crippen LogP contribution in [0.25, 0.3) is 0 Å². The smallest absolute Gasteiger partial charge is 0.164 e. The number of benzene rings is 1. The van der Waals surface area contributed by atoms with Crippen molar-refractivity contribution < 1.29 is 9.47 Å². The van der Waals surface area contributed by atoms with E-state index in [1.807, 2.05) is 19.1 Å². The van der Waals surface area contributed by atoms with Gasteiger partial charge in [-0.05, 0) is 49.9 Å². The van der Waals surface area contributed by atoms with Gasteiger partial charge in [0.2, 0.25) is 0 Å². The van der Waals surface area contributed by atoms with Crippen LogP contribution < -0.4 is 9.47 Å². The first-order chi connectivity index (χ1) is 10.2. The third kappa shape index (κ3) is 2.87. The molecule has 1 aromatic heterocycles.